The van der Waals surface area contributed by atoms with Crippen molar-refractivity contribution in [2.24, 2.45) is 5.92 Å². The average molecular weight is 352 g/mol. The molecule has 4 amide bonds. The second-order valence-corrected chi connectivity index (χ2v) is 6.70. The fourth-order valence-electron chi connectivity index (χ4n) is 2.73. The van der Waals surface area contributed by atoms with Crippen molar-refractivity contribution in [3.8, 4) is 0 Å². The van der Waals surface area contributed by atoms with Gasteiger partial charge >= 0.3 is 12.1 Å². The normalized spacial score (nSPS) is 14.2. The third-order valence-electron chi connectivity index (χ3n) is 4.46. The van der Waals surface area contributed by atoms with Crippen LogP contribution in [0.4, 0.5) is 26.7 Å². The maximum absolute atomic E-state index is 12.2. The lowest BCUT2D eigenvalue weighted by atomic mass is 10.2. The topological polar surface area (TPSA) is 82.3 Å². The number of anilines is 3. The highest BCUT2D eigenvalue weighted by Gasteiger charge is 2.28. The van der Waals surface area contributed by atoms with Gasteiger partial charge in [-0.2, -0.15) is 0 Å². The molecule has 4 N–H and O–H groups in total. The Labute approximate surface area is 153 Å². The molecule has 1 aliphatic carbocycles. The van der Waals surface area contributed by atoms with Gasteiger partial charge in [-0.05, 0) is 62.4 Å². The van der Waals surface area contributed by atoms with Crippen molar-refractivity contribution in [2.75, 3.05) is 16.0 Å². The van der Waals surface area contributed by atoms with Gasteiger partial charge in [0.25, 0.3) is 0 Å². The van der Waals surface area contributed by atoms with Gasteiger partial charge in [-0.25, -0.2) is 9.59 Å². The molecule has 1 atom stereocenters. The van der Waals surface area contributed by atoms with Gasteiger partial charge in [0.2, 0.25) is 0 Å². The monoisotopic (exact) mass is 352 g/mol. The van der Waals surface area contributed by atoms with Gasteiger partial charge < -0.3 is 21.3 Å². The van der Waals surface area contributed by atoms with Gasteiger partial charge in [0.05, 0.1) is 0 Å². The molecule has 1 saturated carbocycles. The molecule has 1 unspecified atom stereocenters. The molecule has 3 rings (SSSR count). The molecule has 26 heavy (non-hydrogen) atoms. The summed E-state index contributed by atoms with van der Waals surface area (Å²) in [7, 11) is 0. The Balaban J connectivity index is 1.59. The molecular formula is C20H24N4O2. The summed E-state index contributed by atoms with van der Waals surface area (Å²) in [5.41, 5.74) is 2.91. The summed E-state index contributed by atoms with van der Waals surface area (Å²) < 4.78 is 0. The van der Waals surface area contributed by atoms with E-state index in [9.17, 15) is 9.59 Å². The number of nitrogens with one attached hydrogen (secondary N) is 4. The molecular weight excluding hydrogens is 328 g/mol. The second kappa shape index (κ2) is 7.91. The van der Waals surface area contributed by atoms with E-state index >= 15 is 0 Å². The number of hydrogen-bond donors (Lipinski definition) is 4. The lowest BCUT2D eigenvalue weighted by Gasteiger charge is -2.16. The number of aryl methyl sites for hydroxylation is 1. The van der Waals surface area contributed by atoms with Crippen LogP contribution in [-0.4, -0.2) is 18.1 Å². The first-order chi connectivity index (χ1) is 12.5. The predicted octanol–water partition coefficient (Wildman–Crippen LogP) is 4.56. The number of carbonyl (C=O) groups excluding carboxylic acids is 2. The van der Waals surface area contributed by atoms with Crippen LogP contribution in [0.1, 0.15) is 25.3 Å². The fraction of sp³-hybridized carbons (Fsp3) is 0.300. The molecule has 1 aliphatic rings. The van der Waals surface area contributed by atoms with Crippen molar-refractivity contribution < 1.29 is 9.59 Å². The standard InChI is InChI=1S/C20H24N4O2/c1-13-8-11-17(23-20(26)22-16-6-4-3-5-7-16)12-18(13)24-19(25)21-14(2)15-9-10-15/h3-8,11-12,14-15H,9-10H2,1-2H3,(H2,21,24,25)(H2,22,23,26). The van der Waals surface area contributed by atoms with Gasteiger partial charge in [-0.15, -0.1) is 0 Å². The van der Waals surface area contributed by atoms with Crippen molar-refractivity contribution in [3.05, 3.63) is 54.1 Å². The van der Waals surface area contributed by atoms with Crippen molar-refractivity contribution in [2.45, 2.75) is 32.7 Å². The zero-order valence-corrected chi connectivity index (χ0v) is 15.0. The molecule has 0 bridgehead atoms. The minimum Gasteiger partial charge on any atom is -0.335 e. The van der Waals surface area contributed by atoms with E-state index in [0.717, 1.165) is 5.56 Å². The van der Waals surface area contributed by atoms with Gasteiger partial charge in [-0.3, -0.25) is 0 Å². The molecule has 0 spiro atoms. The van der Waals surface area contributed by atoms with Crippen LogP contribution < -0.4 is 21.3 Å². The Bertz CT molecular complexity index is 788. The third kappa shape index (κ3) is 4.99. The highest BCUT2D eigenvalue weighted by atomic mass is 16.2. The van der Waals surface area contributed by atoms with Gasteiger partial charge in [0.1, 0.15) is 0 Å². The number of hydrogen-bond acceptors (Lipinski definition) is 2. The Morgan fingerprint density at radius 1 is 0.923 bits per heavy atom. The summed E-state index contributed by atoms with van der Waals surface area (Å²) in [6.45, 7) is 3.93. The van der Waals surface area contributed by atoms with Crippen LogP contribution in [0.3, 0.4) is 0 Å². The third-order valence-corrected chi connectivity index (χ3v) is 4.46. The number of benzene rings is 2. The quantitative estimate of drug-likeness (QED) is 0.636. The van der Waals surface area contributed by atoms with E-state index in [1.807, 2.05) is 50.2 Å². The van der Waals surface area contributed by atoms with E-state index in [1.54, 1.807) is 12.1 Å². The number of rotatable bonds is 5. The average Bonchev–Trinajstić information content (AvgIpc) is 3.43. The molecule has 2 aromatic carbocycles. The van der Waals surface area contributed by atoms with E-state index < -0.39 is 0 Å². The molecule has 1 fully saturated rings. The smallest absolute Gasteiger partial charge is 0.323 e. The lowest BCUT2D eigenvalue weighted by Crippen LogP contribution is -2.37. The molecule has 2 aromatic rings. The van der Waals surface area contributed by atoms with Gasteiger partial charge in [0, 0.05) is 23.1 Å². The number of amides is 4. The Hall–Kier alpha value is -3.02. The van der Waals surface area contributed by atoms with E-state index in [1.165, 1.54) is 12.8 Å². The molecule has 0 saturated heterocycles. The fourth-order valence-corrected chi connectivity index (χ4v) is 2.73. The minimum atomic E-state index is -0.335. The second-order valence-electron chi connectivity index (χ2n) is 6.70. The van der Waals surface area contributed by atoms with Crippen LogP contribution in [0.15, 0.2) is 48.5 Å². The highest BCUT2D eigenvalue weighted by molar-refractivity contribution is 6.00. The summed E-state index contributed by atoms with van der Waals surface area (Å²) in [6.07, 6.45) is 2.35. The van der Waals surface area contributed by atoms with E-state index in [0.29, 0.717) is 23.0 Å². The van der Waals surface area contributed by atoms with E-state index in [2.05, 4.69) is 21.3 Å². The molecule has 0 radical (unpaired) electrons. The summed E-state index contributed by atoms with van der Waals surface area (Å²) >= 11 is 0. The van der Waals surface area contributed by atoms with Gasteiger partial charge in [-0.1, -0.05) is 24.3 Å². The Morgan fingerprint density at radius 3 is 2.31 bits per heavy atom. The number of carbonyl (C=O) groups is 2. The highest BCUT2D eigenvalue weighted by Crippen LogP contribution is 2.32. The summed E-state index contributed by atoms with van der Waals surface area (Å²) in [6, 6.07) is 14.2. The zero-order chi connectivity index (χ0) is 18.5. The molecule has 136 valence electrons. The van der Waals surface area contributed by atoms with Crippen LogP contribution in [0.25, 0.3) is 0 Å². The zero-order valence-electron chi connectivity index (χ0n) is 15.0. The minimum absolute atomic E-state index is 0.174. The maximum atomic E-state index is 12.2. The van der Waals surface area contributed by atoms with E-state index in [-0.39, 0.29) is 18.1 Å². The summed E-state index contributed by atoms with van der Waals surface area (Å²) in [4.78, 5) is 24.3. The first-order valence-electron chi connectivity index (χ1n) is 8.82. The van der Waals surface area contributed by atoms with Crippen molar-refractivity contribution in [1.29, 1.82) is 0 Å². The van der Waals surface area contributed by atoms with Crippen LogP contribution in [0.2, 0.25) is 0 Å². The SMILES string of the molecule is Cc1ccc(NC(=O)Nc2ccccc2)cc1NC(=O)NC(C)C1CC1. The molecule has 6 nitrogen and oxygen atoms in total. The van der Waals surface area contributed by atoms with Crippen LogP contribution in [-0.2, 0) is 0 Å². The van der Waals surface area contributed by atoms with Crippen molar-refractivity contribution >= 4 is 29.1 Å². The first-order valence-corrected chi connectivity index (χ1v) is 8.82. The number of urea groups is 2. The molecule has 0 aromatic heterocycles. The van der Waals surface area contributed by atoms with Gasteiger partial charge in [0.15, 0.2) is 0 Å². The van der Waals surface area contributed by atoms with Crippen LogP contribution in [0.5, 0.6) is 0 Å². The van der Waals surface area contributed by atoms with E-state index in [4.69, 9.17) is 0 Å². The first kappa shape index (κ1) is 17.8. The Kier molecular flexibility index (Phi) is 5.41. The Morgan fingerprint density at radius 2 is 1.62 bits per heavy atom. The van der Waals surface area contributed by atoms with Crippen molar-refractivity contribution in [1.82, 2.24) is 5.32 Å². The lowest BCUT2D eigenvalue weighted by molar-refractivity contribution is 0.248. The van der Waals surface area contributed by atoms with Crippen LogP contribution >= 0.6 is 0 Å². The predicted molar refractivity (Wildman–Crippen MR) is 105 cm³/mol. The largest absolute Gasteiger partial charge is 0.335 e. The summed E-state index contributed by atoms with van der Waals surface area (Å²) in [5.74, 6) is 0.594. The molecule has 0 heterocycles. The maximum Gasteiger partial charge on any atom is 0.323 e. The molecule has 0 aliphatic heterocycles. The summed E-state index contributed by atoms with van der Waals surface area (Å²) in [5, 5.41) is 11.4. The van der Waals surface area contributed by atoms with Crippen molar-refractivity contribution in [3.63, 3.8) is 0 Å². The van der Waals surface area contributed by atoms with Crippen LogP contribution in [0, 0.1) is 12.8 Å². The number of para-hydroxylation sites is 1. The molecule has 6 heteroatoms.